The summed E-state index contributed by atoms with van der Waals surface area (Å²) in [5.74, 6) is 1.40. The van der Waals surface area contributed by atoms with Crippen molar-refractivity contribution in [2.24, 2.45) is 0 Å². The molecule has 4 nitrogen and oxygen atoms in total. The highest BCUT2D eigenvalue weighted by Gasteiger charge is 2.23. The van der Waals surface area contributed by atoms with E-state index in [1.54, 1.807) is 4.90 Å². The molecule has 0 unspecified atom stereocenters. The smallest absolute Gasteiger partial charge is 0.265 e. The molecule has 22 heavy (non-hydrogen) atoms. The van der Waals surface area contributed by atoms with Gasteiger partial charge in [-0.25, -0.2) is 0 Å². The Bertz CT molecular complexity index is 652. The first-order chi connectivity index (χ1) is 10.8. The standard InChI is InChI=1S/C18H19NO3/c1-2-14-7-9-15(10-8-14)22-13-18(20)19-11-12-21-17-6-4-3-5-16(17)19/h3-10H,2,11-13H2,1H3. The maximum absolute atomic E-state index is 12.4. The largest absolute Gasteiger partial charge is 0.490 e. The second-order valence-corrected chi connectivity index (χ2v) is 5.15. The maximum atomic E-state index is 12.4. The van der Waals surface area contributed by atoms with Crippen molar-refractivity contribution in [1.29, 1.82) is 0 Å². The first kappa shape index (κ1) is 14.4. The van der Waals surface area contributed by atoms with Gasteiger partial charge in [-0.2, -0.15) is 0 Å². The van der Waals surface area contributed by atoms with E-state index in [0.717, 1.165) is 17.9 Å². The monoisotopic (exact) mass is 297 g/mol. The molecule has 0 aromatic heterocycles. The highest BCUT2D eigenvalue weighted by molar-refractivity contribution is 5.96. The van der Waals surface area contributed by atoms with Crippen LogP contribution in [0.15, 0.2) is 48.5 Å². The third-order valence-electron chi connectivity index (χ3n) is 3.72. The second-order valence-electron chi connectivity index (χ2n) is 5.15. The molecule has 0 radical (unpaired) electrons. The van der Waals surface area contributed by atoms with Crippen molar-refractivity contribution >= 4 is 11.6 Å². The minimum atomic E-state index is -0.0599. The van der Waals surface area contributed by atoms with E-state index < -0.39 is 0 Å². The number of hydrogen-bond acceptors (Lipinski definition) is 3. The van der Waals surface area contributed by atoms with Gasteiger partial charge in [0.2, 0.25) is 0 Å². The number of carbonyl (C=O) groups is 1. The van der Waals surface area contributed by atoms with E-state index in [1.807, 2.05) is 48.5 Å². The molecule has 1 aliphatic heterocycles. The number of ether oxygens (including phenoxy) is 2. The molecule has 0 N–H and O–H groups in total. The quantitative estimate of drug-likeness (QED) is 0.870. The van der Waals surface area contributed by atoms with Gasteiger partial charge in [0.15, 0.2) is 6.61 Å². The Morgan fingerprint density at radius 2 is 1.95 bits per heavy atom. The van der Waals surface area contributed by atoms with E-state index in [-0.39, 0.29) is 12.5 Å². The maximum Gasteiger partial charge on any atom is 0.265 e. The van der Waals surface area contributed by atoms with Crippen LogP contribution in [0, 0.1) is 0 Å². The molecule has 2 aromatic rings. The molecule has 114 valence electrons. The van der Waals surface area contributed by atoms with Crippen molar-refractivity contribution in [2.75, 3.05) is 24.7 Å². The summed E-state index contributed by atoms with van der Waals surface area (Å²) in [6.45, 7) is 3.19. The molecule has 0 saturated heterocycles. The fourth-order valence-corrected chi connectivity index (χ4v) is 2.47. The van der Waals surface area contributed by atoms with Crippen LogP contribution in [0.1, 0.15) is 12.5 Å². The summed E-state index contributed by atoms with van der Waals surface area (Å²) in [4.78, 5) is 14.1. The average Bonchev–Trinajstić information content (AvgIpc) is 2.59. The summed E-state index contributed by atoms with van der Waals surface area (Å²) >= 11 is 0. The molecule has 3 rings (SSSR count). The van der Waals surface area contributed by atoms with Gasteiger partial charge in [-0.3, -0.25) is 4.79 Å². The van der Waals surface area contributed by atoms with Crippen molar-refractivity contribution < 1.29 is 14.3 Å². The first-order valence-corrected chi connectivity index (χ1v) is 7.52. The van der Waals surface area contributed by atoms with E-state index in [9.17, 15) is 4.79 Å². The molecule has 0 bridgehead atoms. The van der Waals surface area contributed by atoms with E-state index >= 15 is 0 Å². The molecule has 4 heteroatoms. The lowest BCUT2D eigenvalue weighted by atomic mass is 10.2. The Morgan fingerprint density at radius 3 is 2.73 bits per heavy atom. The SMILES string of the molecule is CCc1ccc(OCC(=O)N2CCOc3ccccc32)cc1. The Labute approximate surface area is 130 Å². The molecule has 0 aliphatic carbocycles. The Morgan fingerprint density at radius 1 is 1.18 bits per heavy atom. The van der Waals surface area contributed by atoms with E-state index in [4.69, 9.17) is 9.47 Å². The zero-order valence-electron chi connectivity index (χ0n) is 12.6. The summed E-state index contributed by atoms with van der Waals surface area (Å²) in [5, 5.41) is 0. The third-order valence-corrected chi connectivity index (χ3v) is 3.72. The van der Waals surface area contributed by atoms with Crippen LogP contribution in [0.25, 0.3) is 0 Å². The lowest BCUT2D eigenvalue weighted by molar-refractivity contribution is -0.120. The molecule has 0 spiro atoms. The summed E-state index contributed by atoms with van der Waals surface area (Å²) in [7, 11) is 0. The van der Waals surface area contributed by atoms with Gasteiger partial charge in [0, 0.05) is 0 Å². The molecule has 0 saturated carbocycles. The Hall–Kier alpha value is -2.49. The fraction of sp³-hybridized carbons (Fsp3) is 0.278. The van der Waals surface area contributed by atoms with Gasteiger partial charge in [0.05, 0.1) is 12.2 Å². The number of nitrogens with zero attached hydrogens (tertiary/aromatic N) is 1. The van der Waals surface area contributed by atoms with Crippen molar-refractivity contribution in [3.8, 4) is 11.5 Å². The van der Waals surface area contributed by atoms with Gasteiger partial charge in [0.1, 0.15) is 18.1 Å². The summed E-state index contributed by atoms with van der Waals surface area (Å²) in [6, 6.07) is 15.4. The number of para-hydroxylation sites is 2. The molecule has 1 heterocycles. The predicted octanol–water partition coefficient (Wildman–Crippen LogP) is 3.05. The Kier molecular flexibility index (Phi) is 4.28. The molecular weight excluding hydrogens is 278 g/mol. The number of rotatable bonds is 4. The van der Waals surface area contributed by atoms with Gasteiger partial charge in [0.25, 0.3) is 5.91 Å². The van der Waals surface area contributed by atoms with Crippen LogP contribution in [-0.2, 0) is 11.2 Å². The van der Waals surface area contributed by atoms with Crippen molar-refractivity contribution in [2.45, 2.75) is 13.3 Å². The number of fused-ring (bicyclic) bond motifs is 1. The molecule has 0 atom stereocenters. The van der Waals surface area contributed by atoms with Crippen LogP contribution in [0.3, 0.4) is 0 Å². The highest BCUT2D eigenvalue weighted by atomic mass is 16.5. The van der Waals surface area contributed by atoms with Crippen molar-refractivity contribution in [3.63, 3.8) is 0 Å². The summed E-state index contributed by atoms with van der Waals surface area (Å²) in [5.41, 5.74) is 2.06. The normalized spacial score (nSPS) is 13.2. The van der Waals surface area contributed by atoms with Crippen LogP contribution >= 0.6 is 0 Å². The average molecular weight is 297 g/mol. The zero-order valence-corrected chi connectivity index (χ0v) is 12.6. The van der Waals surface area contributed by atoms with Crippen molar-refractivity contribution in [1.82, 2.24) is 0 Å². The van der Waals surface area contributed by atoms with Crippen molar-refractivity contribution in [3.05, 3.63) is 54.1 Å². The van der Waals surface area contributed by atoms with Gasteiger partial charge in [-0.05, 0) is 36.2 Å². The number of hydrogen-bond donors (Lipinski definition) is 0. The summed E-state index contributed by atoms with van der Waals surface area (Å²) in [6.07, 6.45) is 0.990. The first-order valence-electron chi connectivity index (χ1n) is 7.52. The van der Waals surface area contributed by atoms with Crippen LogP contribution < -0.4 is 14.4 Å². The number of anilines is 1. The van der Waals surface area contributed by atoms with Gasteiger partial charge in [-0.15, -0.1) is 0 Å². The number of benzene rings is 2. The minimum Gasteiger partial charge on any atom is -0.490 e. The third kappa shape index (κ3) is 3.06. The van der Waals surface area contributed by atoms with E-state index in [0.29, 0.717) is 18.9 Å². The number of aryl methyl sites for hydroxylation is 1. The number of carbonyl (C=O) groups excluding carboxylic acids is 1. The molecule has 2 aromatic carbocycles. The molecule has 0 fully saturated rings. The van der Waals surface area contributed by atoms with Crippen LogP contribution in [0.2, 0.25) is 0 Å². The van der Waals surface area contributed by atoms with Crippen LogP contribution in [0.5, 0.6) is 11.5 Å². The van der Waals surface area contributed by atoms with Gasteiger partial charge in [-0.1, -0.05) is 31.2 Å². The van der Waals surface area contributed by atoms with Crippen LogP contribution in [0.4, 0.5) is 5.69 Å². The minimum absolute atomic E-state index is 0.0276. The summed E-state index contributed by atoms with van der Waals surface area (Å²) < 4.78 is 11.2. The zero-order chi connectivity index (χ0) is 15.4. The topological polar surface area (TPSA) is 38.8 Å². The second kappa shape index (κ2) is 6.52. The molecule has 1 amide bonds. The van der Waals surface area contributed by atoms with E-state index in [1.165, 1.54) is 5.56 Å². The Balaban J connectivity index is 1.65. The van der Waals surface area contributed by atoms with Gasteiger partial charge < -0.3 is 14.4 Å². The lowest BCUT2D eigenvalue weighted by Gasteiger charge is -2.29. The van der Waals surface area contributed by atoms with E-state index in [2.05, 4.69) is 6.92 Å². The van der Waals surface area contributed by atoms with Crippen LogP contribution in [-0.4, -0.2) is 25.7 Å². The molecular formula is C18H19NO3. The number of amides is 1. The highest BCUT2D eigenvalue weighted by Crippen LogP contribution is 2.30. The fourth-order valence-electron chi connectivity index (χ4n) is 2.47. The van der Waals surface area contributed by atoms with Gasteiger partial charge >= 0.3 is 0 Å². The predicted molar refractivity (Wildman–Crippen MR) is 85.6 cm³/mol. The lowest BCUT2D eigenvalue weighted by Crippen LogP contribution is -2.40. The molecule has 1 aliphatic rings.